The molecule has 0 radical (unpaired) electrons. The van der Waals surface area contributed by atoms with Crippen molar-refractivity contribution in [1.82, 2.24) is 9.78 Å². The van der Waals surface area contributed by atoms with Crippen LogP contribution in [0.5, 0.6) is 0 Å². The monoisotopic (exact) mass is 190 g/mol. The lowest BCUT2D eigenvalue weighted by Crippen LogP contribution is -2.13. The van der Waals surface area contributed by atoms with Gasteiger partial charge in [-0.25, -0.2) is 4.79 Å². The van der Waals surface area contributed by atoms with Gasteiger partial charge in [-0.15, -0.1) is 0 Å². The molecule has 0 aliphatic rings. The molecule has 0 amide bonds. The van der Waals surface area contributed by atoms with Crippen LogP contribution in [0, 0.1) is 0 Å². The fourth-order valence-electron chi connectivity index (χ4n) is 0.969. The lowest BCUT2D eigenvalue weighted by Gasteiger charge is -2.06. The number of hydrogen-bond donors (Lipinski definition) is 1. The van der Waals surface area contributed by atoms with Crippen molar-refractivity contribution in [2.75, 3.05) is 0 Å². The summed E-state index contributed by atoms with van der Waals surface area (Å²) in [5.41, 5.74) is -1.17. The molecule has 72 valence electrons. The number of carboxylic acid groups (broad SMARTS) is 1. The molecular weight excluding hydrogens is 182 g/mol. The van der Waals surface area contributed by atoms with E-state index < -0.39 is 23.1 Å². The quantitative estimate of drug-likeness (QED) is 0.763. The summed E-state index contributed by atoms with van der Waals surface area (Å²) in [4.78, 5) is 10.5. The van der Waals surface area contributed by atoms with Crippen molar-refractivity contribution < 1.29 is 18.7 Å². The van der Waals surface area contributed by atoms with E-state index in [0.29, 0.717) is 6.92 Å². The van der Waals surface area contributed by atoms with E-state index >= 15 is 0 Å². The second-order valence-electron chi connectivity index (χ2n) is 2.76. The van der Waals surface area contributed by atoms with Crippen LogP contribution in [0.1, 0.15) is 23.0 Å². The highest BCUT2D eigenvalue weighted by molar-refractivity contribution is 5.88. The van der Waals surface area contributed by atoms with Crippen LogP contribution >= 0.6 is 0 Å². The molecule has 1 aromatic rings. The van der Waals surface area contributed by atoms with Crippen molar-refractivity contribution in [2.45, 2.75) is 12.8 Å². The average Bonchev–Trinajstić information content (AvgIpc) is 2.29. The molecule has 0 spiro atoms. The molecule has 1 heterocycles. The Morgan fingerprint density at radius 3 is 2.54 bits per heavy atom. The Kier molecular flexibility index (Phi) is 2.07. The third kappa shape index (κ3) is 1.82. The number of aryl methyl sites for hydroxylation is 1. The summed E-state index contributed by atoms with van der Waals surface area (Å²) in [5.74, 6) is -4.63. The number of carboxylic acids is 1. The Balaban J connectivity index is 3.28. The van der Waals surface area contributed by atoms with Gasteiger partial charge >= 0.3 is 5.97 Å². The first kappa shape index (κ1) is 9.63. The van der Waals surface area contributed by atoms with Gasteiger partial charge in [-0.2, -0.15) is 13.9 Å². The van der Waals surface area contributed by atoms with Gasteiger partial charge < -0.3 is 5.11 Å². The highest BCUT2D eigenvalue weighted by Gasteiger charge is 2.33. The van der Waals surface area contributed by atoms with E-state index in [1.165, 1.54) is 7.05 Å². The van der Waals surface area contributed by atoms with Crippen LogP contribution in [-0.4, -0.2) is 20.9 Å². The van der Waals surface area contributed by atoms with Gasteiger partial charge in [0.2, 0.25) is 0 Å². The summed E-state index contributed by atoms with van der Waals surface area (Å²) in [7, 11) is 1.39. The number of alkyl halides is 2. The minimum Gasteiger partial charge on any atom is -0.478 e. The molecule has 0 aromatic carbocycles. The van der Waals surface area contributed by atoms with Gasteiger partial charge in [0.15, 0.2) is 0 Å². The molecule has 1 rings (SSSR count). The Labute approximate surface area is 72.8 Å². The number of nitrogens with zero attached hydrogens (tertiary/aromatic N) is 2. The van der Waals surface area contributed by atoms with E-state index in [2.05, 4.69) is 5.10 Å². The molecule has 0 bridgehead atoms. The van der Waals surface area contributed by atoms with Crippen LogP contribution in [0.3, 0.4) is 0 Å². The van der Waals surface area contributed by atoms with Crippen molar-refractivity contribution in [2.24, 2.45) is 7.05 Å². The van der Waals surface area contributed by atoms with Crippen molar-refractivity contribution in [3.8, 4) is 0 Å². The van der Waals surface area contributed by atoms with E-state index in [4.69, 9.17) is 5.11 Å². The van der Waals surface area contributed by atoms with Gasteiger partial charge in [-0.05, 0) is 0 Å². The summed E-state index contributed by atoms with van der Waals surface area (Å²) in [6.45, 7) is 0.613. The van der Waals surface area contributed by atoms with Gasteiger partial charge in [0.05, 0.1) is 0 Å². The number of carbonyl (C=O) groups is 1. The standard InChI is InChI=1S/C7H8F2N2O2/c1-7(8,9)5-4(6(12)13)3-11(2)10-5/h3H,1-2H3,(H,12,13). The molecule has 1 N–H and O–H groups in total. The van der Waals surface area contributed by atoms with Gasteiger partial charge in [-0.1, -0.05) is 0 Å². The lowest BCUT2D eigenvalue weighted by molar-refractivity contribution is 0.0103. The van der Waals surface area contributed by atoms with Crippen molar-refractivity contribution in [3.63, 3.8) is 0 Å². The number of rotatable bonds is 2. The van der Waals surface area contributed by atoms with Crippen molar-refractivity contribution in [3.05, 3.63) is 17.5 Å². The first-order valence-corrected chi connectivity index (χ1v) is 3.47. The van der Waals surface area contributed by atoms with Gasteiger partial charge in [0, 0.05) is 20.2 Å². The zero-order valence-electron chi connectivity index (χ0n) is 7.08. The largest absolute Gasteiger partial charge is 0.478 e. The van der Waals surface area contributed by atoms with Crippen molar-refractivity contribution in [1.29, 1.82) is 0 Å². The van der Waals surface area contributed by atoms with Gasteiger partial charge in [0.1, 0.15) is 11.3 Å². The highest BCUT2D eigenvalue weighted by Crippen LogP contribution is 2.28. The van der Waals surface area contributed by atoms with Gasteiger partial charge in [0.25, 0.3) is 5.92 Å². The molecule has 6 heteroatoms. The highest BCUT2D eigenvalue weighted by atomic mass is 19.3. The number of hydrogen-bond acceptors (Lipinski definition) is 2. The van der Waals surface area contributed by atoms with Gasteiger partial charge in [-0.3, -0.25) is 4.68 Å². The fraction of sp³-hybridized carbons (Fsp3) is 0.429. The third-order valence-electron chi connectivity index (χ3n) is 1.48. The maximum atomic E-state index is 12.7. The van der Waals surface area contributed by atoms with Crippen molar-refractivity contribution >= 4 is 5.97 Å². The summed E-state index contributed by atoms with van der Waals surface area (Å²) in [6.07, 6.45) is 1.05. The molecule has 0 aliphatic carbocycles. The van der Waals surface area contributed by atoms with Crippen LogP contribution in [0.25, 0.3) is 0 Å². The second kappa shape index (κ2) is 2.79. The summed E-state index contributed by atoms with van der Waals surface area (Å²) in [6, 6.07) is 0. The van der Waals surface area contributed by atoms with E-state index in [1.807, 2.05) is 0 Å². The first-order chi connectivity index (χ1) is 5.82. The minimum absolute atomic E-state index is 0.463. The van der Waals surface area contributed by atoms with E-state index in [0.717, 1.165) is 10.9 Å². The molecule has 0 atom stereocenters. The normalized spacial score (nSPS) is 11.7. The molecular formula is C7H8F2N2O2. The molecule has 1 aromatic heterocycles. The van der Waals surface area contributed by atoms with E-state index in [9.17, 15) is 13.6 Å². The summed E-state index contributed by atoms with van der Waals surface area (Å²) < 4.78 is 26.6. The van der Waals surface area contributed by atoms with E-state index in [-0.39, 0.29) is 0 Å². The molecule has 4 nitrogen and oxygen atoms in total. The van der Waals surface area contributed by atoms with E-state index in [1.54, 1.807) is 0 Å². The Bertz CT molecular complexity index is 341. The Morgan fingerprint density at radius 1 is 1.69 bits per heavy atom. The summed E-state index contributed by atoms with van der Waals surface area (Å²) >= 11 is 0. The lowest BCUT2D eigenvalue weighted by atomic mass is 10.2. The van der Waals surface area contributed by atoms with Crippen LogP contribution < -0.4 is 0 Å². The SMILES string of the molecule is Cn1cc(C(=O)O)c(C(C)(F)F)n1. The maximum absolute atomic E-state index is 12.7. The molecule has 13 heavy (non-hydrogen) atoms. The number of halogens is 2. The van der Waals surface area contributed by atoms with Crippen LogP contribution in [0.2, 0.25) is 0 Å². The first-order valence-electron chi connectivity index (χ1n) is 3.47. The van der Waals surface area contributed by atoms with Crippen LogP contribution in [0.15, 0.2) is 6.20 Å². The van der Waals surface area contributed by atoms with Crippen LogP contribution in [0.4, 0.5) is 8.78 Å². The van der Waals surface area contributed by atoms with Crippen LogP contribution in [-0.2, 0) is 13.0 Å². The average molecular weight is 190 g/mol. The zero-order chi connectivity index (χ0) is 10.2. The second-order valence-corrected chi connectivity index (χ2v) is 2.76. The Morgan fingerprint density at radius 2 is 2.23 bits per heavy atom. The smallest absolute Gasteiger partial charge is 0.339 e. The molecule has 0 saturated heterocycles. The minimum atomic E-state index is -3.23. The zero-order valence-corrected chi connectivity index (χ0v) is 7.08. The Hall–Kier alpha value is -1.46. The molecule has 0 unspecified atom stereocenters. The summed E-state index contributed by atoms with van der Waals surface area (Å²) in [5, 5.41) is 11.9. The predicted molar refractivity (Wildman–Crippen MR) is 39.7 cm³/mol. The third-order valence-corrected chi connectivity index (χ3v) is 1.48. The topological polar surface area (TPSA) is 55.1 Å². The maximum Gasteiger partial charge on any atom is 0.339 e. The predicted octanol–water partition coefficient (Wildman–Crippen LogP) is 1.23. The number of aromatic carboxylic acids is 1. The molecule has 0 saturated carbocycles. The number of aromatic nitrogens is 2. The fourth-order valence-corrected chi connectivity index (χ4v) is 0.969. The molecule has 0 fully saturated rings. The molecule has 0 aliphatic heterocycles.